The average Bonchev–Trinajstić information content (AvgIpc) is 3.16. The number of hydrogen-bond donors (Lipinski definition) is 1. The molecule has 0 radical (unpaired) electrons. The first-order valence-corrected chi connectivity index (χ1v) is 10.00. The van der Waals surface area contributed by atoms with Gasteiger partial charge in [0, 0.05) is 31.5 Å². The van der Waals surface area contributed by atoms with Crippen LogP contribution in [0.25, 0.3) is 0 Å². The Balaban J connectivity index is 1.89. The monoisotopic (exact) mass is 351 g/mol. The van der Waals surface area contributed by atoms with Crippen LogP contribution in [0.3, 0.4) is 0 Å². The smallest absolute Gasteiger partial charge is 0.244 e. The van der Waals surface area contributed by atoms with Crippen LogP contribution < -0.4 is 5.32 Å². The van der Waals surface area contributed by atoms with E-state index in [-0.39, 0.29) is 34.7 Å². The Hall–Kier alpha value is -1.47. The molecule has 6 nitrogen and oxygen atoms in total. The van der Waals surface area contributed by atoms with E-state index in [9.17, 15) is 13.2 Å². The van der Waals surface area contributed by atoms with Gasteiger partial charge in [-0.2, -0.15) is 4.31 Å². The second-order valence-electron chi connectivity index (χ2n) is 7.27. The summed E-state index contributed by atoms with van der Waals surface area (Å²) < 4.78 is 27.3. The third-order valence-corrected chi connectivity index (χ3v) is 7.03. The van der Waals surface area contributed by atoms with Crippen molar-refractivity contribution in [1.82, 2.24) is 14.6 Å². The molecule has 7 heteroatoms. The van der Waals surface area contributed by atoms with Crippen molar-refractivity contribution in [2.24, 2.45) is 11.3 Å². The molecule has 1 saturated heterocycles. The van der Waals surface area contributed by atoms with E-state index >= 15 is 0 Å². The van der Waals surface area contributed by atoms with Crippen molar-refractivity contribution in [3.05, 3.63) is 24.5 Å². The van der Waals surface area contributed by atoms with Gasteiger partial charge < -0.3 is 5.32 Å². The molecule has 1 amide bonds. The number of sulfonamides is 1. The number of nitrogens with one attached hydrogen (secondary N) is 1. The highest BCUT2D eigenvalue weighted by Crippen LogP contribution is 2.50. The van der Waals surface area contributed by atoms with E-state index in [0.717, 1.165) is 25.7 Å². The summed E-state index contributed by atoms with van der Waals surface area (Å²) in [7, 11) is -3.61. The van der Waals surface area contributed by atoms with Crippen LogP contribution in [0.2, 0.25) is 0 Å². The van der Waals surface area contributed by atoms with E-state index in [2.05, 4.69) is 10.3 Å². The van der Waals surface area contributed by atoms with Gasteiger partial charge >= 0.3 is 0 Å². The summed E-state index contributed by atoms with van der Waals surface area (Å²) in [6.07, 6.45) is 6.89. The number of nitrogens with zero attached hydrogens (tertiary/aromatic N) is 2. The minimum absolute atomic E-state index is 0.0178. The molecule has 0 aromatic carbocycles. The Morgan fingerprint density at radius 3 is 2.67 bits per heavy atom. The third kappa shape index (κ3) is 3.07. The van der Waals surface area contributed by atoms with E-state index in [0.29, 0.717) is 6.54 Å². The molecule has 1 unspecified atom stereocenters. The summed E-state index contributed by atoms with van der Waals surface area (Å²) in [6.45, 7) is 4.55. The predicted octanol–water partition coefficient (Wildman–Crippen LogP) is 1.79. The second-order valence-corrected chi connectivity index (χ2v) is 9.21. The SMILES string of the molecule is CC(C)NC(=O)C1CN(S(=O)(=O)c2cccnc2)CC12CCCC2. The summed E-state index contributed by atoms with van der Waals surface area (Å²) in [5, 5.41) is 2.97. The van der Waals surface area contributed by atoms with Gasteiger partial charge in [-0.05, 0) is 44.2 Å². The fraction of sp³-hybridized carbons (Fsp3) is 0.647. The highest BCUT2D eigenvalue weighted by atomic mass is 32.2. The van der Waals surface area contributed by atoms with Gasteiger partial charge in [0.05, 0.1) is 5.92 Å². The fourth-order valence-electron chi connectivity index (χ4n) is 4.09. The van der Waals surface area contributed by atoms with Crippen LogP contribution in [0.5, 0.6) is 0 Å². The maximum Gasteiger partial charge on any atom is 0.244 e. The van der Waals surface area contributed by atoms with Gasteiger partial charge in [0.1, 0.15) is 4.90 Å². The molecule has 24 heavy (non-hydrogen) atoms. The number of pyridine rings is 1. The summed E-state index contributed by atoms with van der Waals surface area (Å²) >= 11 is 0. The maximum atomic E-state index is 12.9. The van der Waals surface area contributed by atoms with Gasteiger partial charge in [0.15, 0.2) is 0 Å². The summed E-state index contributed by atoms with van der Waals surface area (Å²) in [5.41, 5.74) is -0.214. The number of rotatable bonds is 4. The molecule has 1 N–H and O–H groups in total. The number of aromatic nitrogens is 1. The van der Waals surface area contributed by atoms with E-state index in [4.69, 9.17) is 0 Å². The van der Waals surface area contributed by atoms with Crippen molar-refractivity contribution in [1.29, 1.82) is 0 Å². The lowest BCUT2D eigenvalue weighted by Crippen LogP contribution is -2.42. The Morgan fingerprint density at radius 1 is 1.38 bits per heavy atom. The van der Waals surface area contributed by atoms with E-state index in [1.165, 1.54) is 10.5 Å². The Morgan fingerprint density at radius 2 is 2.08 bits per heavy atom. The Kier molecular flexibility index (Phi) is 4.66. The molecule has 3 rings (SSSR count). The van der Waals surface area contributed by atoms with Crippen LogP contribution in [0, 0.1) is 11.3 Å². The molecule has 2 fully saturated rings. The topological polar surface area (TPSA) is 79.4 Å². The number of carbonyl (C=O) groups is 1. The van der Waals surface area contributed by atoms with E-state index < -0.39 is 10.0 Å². The molecule has 2 aliphatic rings. The molecule has 1 spiro atoms. The van der Waals surface area contributed by atoms with Gasteiger partial charge in [-0.1, -0.05) is 12.8 Å². The van der Waals surface area contributed by atoms with Crippen molar-refractivity contribution in [2.45, 2.75) is 50.5 Å². The van der Waals surface area contributed by atoms with Gasteiger partial charge in [-0.3, -0.25) is 9.78 Å². The zero-order valence-electron chi connectivity index (χ0n) is 14.2. The lowest BCUT2D eigenvalue weighted by atomic mass is 9.76. The molecule has 1 aliphatic carbocycles. The van der Waals surface area contributed by atoms with Gasteiger partial charge in [0.25, 0.3) is 0 Å². The summed E-state index contributed by atoms with van der Waals surface area (Å²) in [5.74, 6) is -0.287. The lowest BCUT2D eigenvalue weighted by molar-refractivity contribution is -0.128. The second kappa shape index (κ2) is 6.44. The molecular formula is C17H25N3O3S. The van der Waals surface area contributed by atoms with E-state index in [1.807, 2.05) is 13.8 Å². The van der Waals surface area contributed by atoms with Gasteiger partial charge in [-0.25, -0.2) is 8.42 Å². The van der Waals surface area contributed by atoms with Gasteiger partial charge in [-0.15, -0.1) is 0 Å². The molecule has 1 aliphatic heterocycles. The fourth-order valence-corrected chi connectivity index (χ4v) is 5.60. The molecule has 1 aromatic rings. The first-order chi connectivity index (χ1) is 11.3. The van der Waals surface area contributed by atoms with Crippen LogP contribution in [0.1, 0.15) is 39.5 Å². The predicted molar refractivity (Wildman–Crippen MR) is 90.7 cm³/mol. The van der Waals surface area contributed by atoms with Crippen LogP contribution >= 0.6 is 0 Å². The van der Waals surface area contributed by atoms with Crippen molar-refractivity contribution in [3.63, 3.8) is 0 Å². The van der Waals surface area contributed by atoms with Crippen molar-refractivity contribution >= 4 is 15.9 Å². The first kappa shape index (κ1) is 17.4. The molecule has 2 heterocycles. The van der Waals surface area contributed by atoms with Crippen molar-refractivity contribution in [2.75, 3.05) is 13.1 Å². The Labute approximate surface area is 143 Å². The zero-order valence-corrected chi connectivity index (χ0v) is 15.1. The highest BCUT2D eigenvalue weighted by molar-refractivity contribution is 7.89. The quantitative estimate of drug-likeness (QED) is 0.897. The maximum absolute atomic E-state index is 12.9. The number of hydrogen-bond acceptors (Lipinski definition) is 4. The molecule has 1 atom stereocenters. The highest BCUT2D eigenvalue weighted by Gasteiger charge is 2.54. The molecule has 132 valence electrons. The molecule has 1 saturated carbocycles. The normalized spacial score (nSPS) is 23.9. The molecule has 1 aromatic heterocycles. The summed E-state index contributed by atoms with van der Waals surface area (Å²) in [4.78, 5) is 16.8. The van der Waals surface area contributed by atoms with Crippen LogP contribution in [-0.2, 0) is 14.8 Å². The van der Waals surface area contributed by atoms with Crippen molar-refractivity contribution < 1.29 is 13.2 Å². The molecule has 0 bridgehead atoms. The first-order valence-electron chi connectivity index (χ1n) is 8.56. The summed E-state index contributed by atoms with van der Waals surface area (Å²) in [6, 6.07) is 3.24. The average molecular weight is 351 g/mol. The lowest BCUT2D eigenvalue weighted by Gasteiger charge is -2.29. The molecular weight excluding hydrogens is 326 g/mol. The number of carbonyl (C=O) groups excluding carboxylic acids is 1. The largest absolute Gasteiger partial charge is 0.354 e. The number of amides is 1. The zero-order chi connectivity index (χ0) is 17.4. The van der Waals surface area contributed by atoms with Crippen molar-refractivity contribution in [3.8, 4) is 0 Å². The minimum Gasteiger partial charge on any atom is -0.354 e. The van der Waals surface area contributed by atoms with Crippen LogP contribution in [0.4, 0.5) is 0 Å². The van der Waals surface area contributed by atoms with E-state index in [1.54, 1.807) is 18.3 Å². The Bertz CT molecular complexity index is 697. The van der Waals surface area contributed by atoms with Crippen LogP contribution in [-0.4, -0.2) is 42.7 Å². The minimum atomic E-state index is -3.61. The standard InChI is InChI=1S/C17H25N3O3S/c1-13(2)19-16(21)15-11-20(12-17(15)7-3-4-8-17)24(22,23)14-6-5-9-18-10-14/h5-6,9-10,13,15H,3-4,7-8,11-12H2,1-2H3,(H,19,21). The van der Waals surface area contributed by atoms with Crippen LogP contribution in [0.15, 0.2) is 29.4 Å². The van der Waals surface area contributed by atoms with Gasteiger partial charge in [0.2, 0.25) is 15.9 Å². The third-order valence-electron chi connectivity index (χ3n) is 5.24.